The summed E-state index contributed by atoms with van der Waals surface area (Å²) in [5.41, 5.74) is 0.982. The van der Waals surface area contributed by atoms with Crippen molar-refractivity contribution in [3.8, 4) is 11.5 Å². The maximum absolute atomic E-state index is 13.8. The Bertz CT molecular complexity index is 984. The van der Waals surface area contributed by atoms with Gasteiger partial charge in [0.25, 0.3) is 0 Å². The number of benzene rings is 2. The van der Waals surface area contributed by atoms with E-state index in [0.29, 0.717) is 17.2 Å². The van der Waals surface area contributed by atoms with Crippen molar-refractivity contribution in [2.24, 2.45) is 5.14 Å². The molecule has 0 aromatic heterocycles. The molecular weight excluding hydrogens is 340 g/mol. The number of allylic oxidation sites excluding steroid dienone is 1. The molecule has 0 aliphatic heterocycles. The number of ether oxygens (including phenoxy) is 1. The van der Waals surface area contributed by atoms with Crippen molar-refractivity contribution in [1.29, 1.82) is 0 Å². The number of halogens is 2. The Hall–Kier alpha value is -2.58. The van der Waals surface area contributed by atoms with Gasteiger partial charge in [0.2, 0.25) is 10.0 Å². The second-order valence-electron chi connectivity index (χ2n) is 5.23. The molecule has 124 valence electrons. The van der Waals surface area contributed by atoms with Crippen LogP contribution < -0.4 is 9.88 Å². The van der Waals surface area contributed by atoms with Gasteiger partial charge in [-0.15, -0.1) is 0 Å². The number of sulfonamides is 1. The highest BCUT2D eigenvalue weighted by atomic mass is 32.2. The van der Waals surface area contributed by atoms with Crippen LogP contribution in [0.5, 0.6) is 11.5 Å². The minimum atomic E-state index is -3.88. The van der Waals surface area contributed by atoms with E-state index in [4.69, 9.17) is 9.88 Å². The van der Waals surface area contributed by atoms with E-state index in [0.717, 1.165) is 12.1 Å². The van der Waals surface area contributed by atoms with Crippen molar-refractivity contribution in [2.75, 3.05) is 0 Å². The highest BCUT2D eigenvalue weighted by Crippen LogP contribution is 2.33. The molecule has 2 N–H and O–H groups in total. The molecular formula is C16H11F2NO4S. The summed E-state index contributed by atoms with van der Waals surface area (Å²) in [4.78, 5) is 11.8. The molecule has 0 spiro atoms. The van der Waals surface area contributed by atoms with Crippen molar-refractivity contribution in [3.05, 3.63) is 64.7 Å². The summed E-state index contributed by atoms with van der Waals surface area (Å²) in [7, 11) is -3.88. The minimum Gasteiger partial charge on any atom is -0.454 e. The van der Waals surface area contributed by atoms with Gasteiger partial charge in [0.15, 0.2) is 17.3 Å². The van der Waals surface area contributed by atoms with E-state index in [9.17, 15) is 22.0 Å². The highest BCUT2D eigenvalue weighted by Gasteiger charge is 2.21. The lowest BCUT2D eigenvalue weighted by molar-refractivity contribution is 0.105. The van der Waals surface area contributed by atoms with E-state index < -0.39 is 27.4 Å². The standard InChI is InChI=1S/C16H11F2NO4S/c17-11-2-4-15(13(18)6-11)23-16-7-12-9(1-3-14(12)20)5-10(16)8-24(19,21)22/h1-7H,8H2,(H2,19,21,22). The molecule has 1 aliphatic rings. The van der Waals surface area contributed by atoms with Crippen LogP contribution in [0.15, 0.2) is 36.4 Å². The molecule has 0 radical (unpaired) electrons. The fourth-order valence-electron chi connectivity index (χ4n) is 2.35. The van der Waals surface area contributed by atoms with Gasteiger partial charge in [0.05, 0.1) is 5.75 Å². The fourth-order valence-corrected chi connectivity index (χ4v) is 3.01. The third-order valence-corrected chi connectivity index (χ3v) is 4.10. The number of hydrogen-bond donors (Lipinski definition) is 1. The number of carbonyl (C=O) groups excluding carboxylic acids is 1. The van der Waals surface area contributed by atoms with E-state index in [1.807, 2.05) is 0 Å². The van der Waals surface area contributed by atoms with Gasteiger partial charge in [-0.2, -0.15) is 0 Å². The summed E-state index contributed by atoms with van der Waals surface area (Å²) in [6, 6.07) is 5.46. The predicted molar refractivity (Wildman–Crippen MR) is 83.0 cm³/mol. The van der Waals surface area contributed by atoms with Crippen LogP contribution in [0.25, 0.3) is 6.08 Å². The Morgan fingerprint density at radius 3 is 2.46 bits per heavy atom. The average molecular weight is 351 g/mol. The van der Waals surface area contributed by atoms with Crippen molar-refractivity contribution in [2.45, 2.75) is 5.75 Å². The Labute approximate surface area is 136 Å². The van der Waals surface area contributed by atoms with Gasteiger partial charge in [-0.3, -0.25) is 4.79 Å². The summed E-state index contributed by atoms with van der Waals surface area (Å²) in [5.74, 6) is -2.91. The normalized spacial score (nSPS) is 13.2. The van der Waals surface area contributed by atoms with Gasteiger partial charge in [-0.25, -0.2) is 22.3 Å². The molecule has 0 saturated heterocycles. The lowest BCUT2D eigenvalue weighted by Gasteiger charge is -2.13. The topological polar surface area (TPSA) is 86.5 Å². The van der Waals surface area contributed by atoms with Crippen LogP contribution in [0, 0.1) is 11.6 Å². The van der Waals surface area contributed by atoms with Crippen LogP contribution in [0.1, 0.15) is 21.5 Å². The molecule has 0 amide bonds. The Morgan fingerprint density at radius 2 is 1.79 bits per heavy atom. The van der Waals surface area contributed by atoms with Crippen LogP contribution >= 0.6 is 0 Å². The van der Waals surface area contributed by atoms with Crippen molar-refractivity contribution in [3.63, 3.8) is 0 Å². The minimum absolute atomic E-state index is 0.0367. The molecule has 2 aromatic carbocycles. The van der Waals surface area contributed by atoms with Gasteiger partial charge < -0.3 is 4.74 Å². The van der Waals surface area contributed by atoms with Gasteiger partial charge in [-0.05, 0) is 35.9 Å². The summed E-state index contributed by atoms with van der Waals surface area (Å²) in [6.07, 6.45) is 2.86. The largest absolute Gasteiger partial charge is 0.454 e. The first kappa shape index (κ1) is 16.3. The molecule has 0 saturated carbocycles. The molecule has 0 unspecified atom stereocenters. The number of carbonyl (C=O) groups is 1. The van der Waals surface area contributed by atoms with E-state index >= 15 is 0 Å². The van der Waals surface area contributed by atoms with E-state index in [1.165, 1.54) is 24.3 Å². The molecule has 3 rings (SSSR count). The van der Waals surface area contributed by atoms with E-state index in [-0.39, 0.29) is 22.8 Å². The van der Waals surface area contributed by atoms with E-state index in [2.05, 4.69) is 0 Å². The van der Waals surface area contributed by atoms with Gasteiger partial charge >= 0.3 is 0 Å². The first-order chi connectivity index (χ1) is 11.2. The predicted octanol–water partition coefficient (Wildman–Crippen LogP) is 2.76. The number of nitrogens with two attached hydrogens (primary N) is 1. The monoisotopic (exact) mass is 351 g/mol. The molecule has 24 heavy (non-hydrogen) atoms. The first-order valence-corrected chi connectivity index (χ1v) is 8.47. The molecule has 8 heteroatoms. The third-order valence-electron chi connectivity index (χ3n) is 3.38. The first-order valence-electron chi connectivity index (χ1n) is 6.76. The second kappa shape index (κ2) is 5.81. The van der Waals surface area contributed by atoms with Crippen LogP contribution in [0.4, 0.5) is 8.78 Å². The SMILES string of the molecule is NS(=O)(=O)Cc1cc2c(cc1Oc1ccc(F)cc1F)C(=O)C=C2. The maximum atomic E-state index is 13.8. The molecule has 2 aromatic rings. The van der Waals surface area contributed by atoms with E-state index in [1.54, 1.807) is 0 Å². The third kappa shape index (κ3) is 3.34. The van der Waals surface area contributed by atoms with Gasteiger partial charge in [0, 0.05) is 17.2 Å². The van der Waals surface area contributed by atoms with Crippen LogP contribution in [0.3, 0.4) is 0 Å². The summed E-state index contributed by atoms with van der Waals surface area (Å²) >= 11 is 0. The zero-order valence-corrected chi connectivity index (χ0v) is 12.9. The van der Waals surface area contributed by atoms with Gasteiger partial charge in [-0.1, -0.05) is 6.08 Å². The number of fused-ring (bicyclic) bond motifs is 1. The smallest absolute Gasteiger partial charge is 0.213 e. The lowest BCUT2D eigenvalue weighted by atomic mass is 10.1. The number of hydrogen-bond acceptors (Lipinski definition) is 4. The fraction of sp³-hybridized carbons (Fsp3) is 0.0625. The highest BCUT2D eigenvalue weighted by molar-refractivity contribution is 7.88. The van der Waals surface area contributed by atoms with Crippen LogP contribution in [-0.2, 0) is 15.8 Å². The molecule has 5 nitrogen and oxygen atoms in total. The van der Waals surface area contributed by atoms with Crippen molar-refractivity contribution >= 4 is 21.9 Å². The zero-order chi connectivity index (χ0) is 17.5. The van der Waals surface area contributed by atoms with Gasteiger partial charge in [0.1, 0.15) is 11.6 Å². The maximum Gasteiger partial charge on any atom is 0.213 e. The lowest BCUT2D eigenvalue weighted by Crippen LogP contribution is -2.15. The Balaban J connectivity index is 2.08. The molecule has 0 bridgehead atoms. The average Bonchev–Trinajstić information content (AvgIpc) is 2.81. The quantitative estimate of drug-likeness (QED) is 0.918. The number of primary sulfonamides is 1. The summed E-state index contributed by atoms with van der Waals surface area (Å²) < 4.78 is 54.9. The zero-order valence-electron chi connectivity index (χ0n) is 12.1. The molecule has 1 aliphatic carbocycles. The Kier molecular flexibility index (Phi) is 3.94. The number of rotatable bonds is 4. The molecule has 0 fully saturated rings. The second-order valence-corrected chi connectivity index (χ2v) is 6.84. The summed E-state index contributed by atoms with van der Waals surface area (Å²) in [5, 5.41) is 5.06. The Morgan fingerprint density at radius 1 is 1.04 bits per heavy atom. The van der Waals surface area contributed by atoms with Crippen molar-refractivity contribution < 1.29 is 26.7 Å². The molecule has 0 atom stereocenters. The summed E-state index contributed by atoms with van der Waals surface area (Å²) in [6.45, 7) is 0. The van der Waals surface area contributed by atoms with Crippen molar-refractivity contribution in [1.82, 2.24) is 0 Å². The van der Waals surface area contributed by atoms with Crippen LogP contribution in [-0.4, -0.2) is 14.2 Å². The van der Waals surface area contributed by atoms with Crippen LogP contribution in [0.2, 0.25) is 0 Å². The number of ketones is 1. The molecule has 0 heterocycles.